The summed E-state index contributed by atoms with van der Waals surface area (Å²) in [6.07, 6.45) is 4.43. The molecule has 0 heterocycles. The second-order valence-electron chi connectivity index (χ2n) is 3.30. The Kier molecular flexibility index (Phi) is 8.94. The van der Waals surface area contributed by atoms with Crippen LogP contribution in [0, 0.1) is 0 Å². The molecule has 0 amide bonds. The first-order valence-electron chi connectivity index (χ1n) is 5.20. The molecule has 0 fully saturated rings. The lowest BCUT2D eigenvalue weighted by atomic mass is 10.3. The van der Waals surface area contributed by atoms with Gasteiger partial charge in [-0.3, -0.25) is 4.99 Å². The van der Waals surface area contributed by atoms with Crippen molar-refractivity contribution in [2.75, 3.05) is 25.6 Å². The number of thioether (sulfide) groups is 1. The smallest absolute Gasteiger partial charge is 0.191 e. The summed E-state index contributed by atoms with van der Waals surface area (Å²) < 4.78 is 0. The molecule has 0 aliphatic heterocycles. The lowest BCUT2D eigenvalue weighted by Crippen LogP contribution is -2.42. The van der Waals surface area contributed by atoms with Crippen LogP contribution in [0.25, 0.3) is 0 Å². The lowest BCUT2D eigenvalue weighted by molar-refractivity contribution is 0.623. The summed E-state index contributed by atoms with van der Waals surface area (Å²) in [5.74, 6) is 2.12. The van der Waals surface area contributed by atoms with Crippen molar-refractivity contribution >= 4 is 17.7 Å². The molecule has 0 bridgehead atoms. The molecule has 0 radical (unpaired) electrons. The van der Waals surface area contributed by atoms with E-state index in [1.165, 1.54) is 12.2 Å². The first-order valence-corrected chi connectivity index (χ1v) is 6.60. The molecule has 0 aromatic heterocycles. The van der Waals surface area contributed by atoms with Gasteiger partial charge in [0.15, 0.2) is 5.96 Å². The number of hydrogen-bond donors (Lipinski definition) is 2. The van der Waals surface area contributed by atoms with E-state index in [9.17, 15) is 0 Å². The van der Waals surface area contributed by atoms with Gasteiger partial charge in [-0.15, -0.1) is 0 Å². The Hall–Kier alpha value is -0.380. The van der Waals surface area contributed by atoms with Crippen LogP contribution in [0.2, 0.25) is 0 Å². The van der Waals surface area contributed by atoms with Crippen LogP contribution < -0.4 is 10.6 Å². The molecule has 0 aliphatic rings. The second-order valence-corrected chi connectivity index (χ2v) is 4.28. The van der Waals surface area contributed by atoms with E-state index in [2.05, 4.69) is 35.7 Å². The van der Waals surface area contributed by atoms with Crippen molar-refractivity contribution in [2.24, 2.45) is 4.99 Å². The monoisotopic (exact) mass is 217 g/mol. The molecule has 0 saturated heterocycles. The first kappa shape index (κ1) is 13.6. The fourth-order valence-electron chi connectivity index (χ4n) is 0.953. The van der Waals surface area contributed by atoms with Crippen LogP contribution in [0.3, 0.4) is 0 Å². The number of guanidine groups is 1. The van der Waals surface area contributed by atoms with Gasteiger partial charge in [-0.25, -0.2) is 0 Å². The SMILES string of the molecule is CCC(C)NC(=NC)NCCCSC. The van der Waals surface area contributed by atoms with E-state index in [1.807, 2.05) is 18.8 Å². The maximum absolute atomic E-state index is 4.16. The van der Waals surface area contributed by atoms with Gasteiger partial charge in [-0.2, -0.15) is 11.8 Å². The van der Waals surface area contributed by atoms with Crippen LogP contribution in [-0.4, -0.2) is 37.6 Å². The summed E-state index contributed by atoms with van der Waals surface area (Å²) in [5.41, 5.74) is 0. The standard InChI is InChI=1S/C10H23N3S/c1-5-9(2)13-10(11-3)12-7-6-8-14-4/h9H,5-8H2,1-4H3,(H2,11,12,13). The molecule has 2 N–H and O–H groups in total. The molecule has 0 aromatic rings. The minimum atomic E-state index is 0.488. The largest absolute Gasteiger partial charge is 0.356 e. The summed E-state index contributed by atoms with van der Waals surface area (Å²) >= 11 is 1.88. The van der Waals surface area contributed by atoms with E-state index in [4.69, 9.17) is 0 Å². The third-order valence-electron chi connectivity index (χ3n) is 2.04. The summed E-state index contributed by atoms with van der Waals surface area (Å²) in [5, 5.41) is 6.62. The van der Waals surface area contributed by atoms with Crippen molar-refractivity contribution in [2.45, 2.75) is 32.7 Å². The lowest BCUT2D eigenvalue weighted by Gasteiger charge is -2.16. The number of nitrogens with one attached hydrogen (secondary N) is 2. The molecule has 0 saturated carbocycles. The van der Waals surface area contributed by atoms with Crippen molar-refractivity contribution in [3.63, 3.8) is 0 Å². The highest BCUT2D eigenvalue weighted by Gasteiger charge is 2.00. The van der Waals surface area contributed by atoms with Gasteiger partial charge in [0.2, 0.25) is 0 Å². The minimum absolute atomic E-state index is 0.488. The predicted molar refractivity (Wildman–Crippen MR) is 67.2 cm³/mol. The molecule has 3 nitrogen and oxygen atoms in total. The summed E-state index contributed by atoms with van der Waals surface area (Å²) in [4.78, 5) is 4.16. The highest BCUT2D eigenvalue weighted by molar-refractivity contribution is 7.98. The zero-order chi connectivity index (χ0) is 10.8. The van der Waals surface area contributed by atoms with E-state index in [-0.39, 0.29) is 0 Å². The zero-order valence-electron chi connectivity index (χ0n) is 9.76. The normalized spacial score (nSPS) is 13.9. The third-order valence-corrected chi connectivity index (χ3v) is 2.73. The fraction of sp³-hybridized carbons (Fsp3) is 0.900. The molecule has 1 atom stereocenters. The number of aliphatic imine (C=N–C) groups is 1. The highest BCUT2D eigenvalue weighted by Crippen LogP contribution is 1.93. The van der Waals surface area contributed by atoms with Crippen LogP contribution in [0.15, 0.2) is 4.99 Å². The maximum Gasteiger partial charge on any atom is 0.191 e. The van der Waals surface area contributed by atoms with Crippen LogP contribution in [0.1, 0.15) is 26.7 Å². The number of rotatable bonds is 6. The second kappa shape index (κ2) is 9.19. The average Bonchev–Trinajstić information content (AvgIpc) is 2.22. The minimum Gasteiger partial charge on any atom is -0.356 e. The third kappa shape index (κ3) is 7.06. The van der Waals surface area contributed by atoms with Crippen molar-refractivity contribution in [1.29, 1.82) is 0 Å². The number of nitrogens with zero attached hydrogens (tertiary/aromatic N) is 1. The summed E-state index contributed by atoms with van der Waals surface area (Å²) in [6.45, 7) is 5.32. The molecule has 0 aromatic carbocycles. The molecule has 1 unspecified atom stereocenters. The van der Waals surface area contributed by atoms with E-state index >= 15 is 0 Å². The van der Waals surface area contributed by atoms with Crippen molar-refractivity contribution in [1.82, 2.24) is 10.6 Å². The van der Waals surface area contributed by atoms with E-state index in [0.29, 0.717) is 6.04 Å². The molecule has 0 rings (SSSR count). The van der Waals surface area contributed by atoms with E-state index in [0.717, 1.165) is 18.9 Å². The molecule has 0 spiro atoms. The van der Waals surface area contributed by atoms with Gasteiger partial charge in [0.25, 0.3) is 0 Å². The Morgan fingerprint density at radius 1 is 1.50 bits per heavy atom. The van der Waals surface area contributed by atoms with Gasteiger partial charge < -0.3 is 10.6 Å². The molecule has 14 heavy (non-hydrogen) atoms. The van der Waals surface area contributed by atoms with Crippen LogP contribution in [0.5, 0.6) is 0 Å². The fourth-order valence-corrected chi connectivity index (χ4v) is 1.39. The van der Waals surface area contributed by atoms with Crippen LogP contribution >= 0.6 is 11.8 Å². The Morgan fingerprint density at radius 3 is 2.71 bits per heavy atom. The topological polar surface area (TPSA) is 36.4 Å². The van der Waals surface area contributed by atoms with Crippen molar-refractivity contribution in [3.8, 4) is 0 Å². The van der Waals surface area contributed by atoms with Gasteiger partial charge in [0.1, 0.15) is 0 Å². The first-order chi connectivity index (χ1) is 6.74. The molecule has 4 heteroatoms. The Morgan fingerprint density at radius 2 is 2.21 bits per heavy atom. The van der Waals surface area contributed by atoms with E-state index in [1.54, 1.807) is 0 Å². The van der Waals surface area contributed by atoms with Crippen LogP contribution in [0.4, 0.5) is 0 Å². The van der Waals surface area contributed by atoms with Crippen LogP contribution in [-0.2, 0) is 0 Å². The van der Waals surface area contributed by atoms with Crippen molar-refractivity contribution in [3.05, 3.63) is 0 Å². The highest BCUT2D eigenvalue weighted by atomic mass is 32.2. The predicted octanol–water partition coefficient (Wildman–Crippen LogP) is 1.70. The molecule has 0 aliphatic carbocycles. The van der Waals surface area contributed by atoms with E-state index < -0.39 is 0 Å². The van der Waals surface area contributed by atoms with Gasteiger partial charge in [0.05, 0.1) is 0 Å². The van der Waals surface area contributed by atoms with Gasteiger partial charge in [-0.05, 0) is 31.8 Å². The Balaban J connectivity index is 3.59. The van der Waals surface area contributed by atoms with Gasteiger partial charge >= 0.3 is 0 Å². The molecule has 84 valence electrons. The maximum atomic E-state index is 4.16. The summed E-state index contributed by atoms with van der Waals surface area (Å²) in [6, 6.07) is 0.488. The Bertz CT molecular complexity index is 159. The average molecular weight is 217 g/mol. The van der Waals surface area contributed by atoms with Crippen molar-refractivity contribution < 1.29 is 0 Å². The van der Waals surface area contributed by atoms with Gasteiger partial charge in [0, 0.05) is 19.6 Å². The van der Waals surface area contributed by atoms with Gasteiger partial charge in [-0.1, -0.05) is 6.92 Å². The number of hydrogen-bond acceptors (Lipinski definition) is 2. The summed E-state index contributed by atoms with van der Waals surface area (Å²) in [7, 11) is 1.81. The Labute approximate surface area is 92.1 Å². The quantitative estimate of drug-likeness (QED) is 0.404. The molecular weight excluding hydrogens is 194 g/mol. The zero-order valence-corrected chi connectivity index (χ0v) is 10.6. The molecular formula is C10H23N3S.